The molecule has 1 amide bonds. The van der Waals surface area contributed by atoms with E-state index >= 15 is 0 Å². The van der Waals surface area contributed by atoms with Crippen LogP contribution in [-0.4, -0.2) is 49.6 Å². The standard InChI is InChI=1S/C19H23N5O3/c1-13-3-2-6-24-11-14(21-18(13)24)10-20-19(26)17-9-16(27-22-17)12-23-7-4-15(25)5-8-23/h2-3,6,9,11,15,25H,4-5,7-8,10,12H2,1H3,(H,20,26). The number of carbonyl (C=O) groups excluding carboxylic acids is 1. The molecule has 27 heavy (non-hydrogen) atoms. The minimum Gasteiger partial charge on any atom is -0.393 e. The second-order valence-electron chi connectivity index (χ2n) is 7.02. The van der Waals surface area contributed by atoms with Crippen LogP contribution in [0, 0.1) is 6.92 Å². The summed E-state index contributed by atoms with van der Waals surface area (Å²) in [6, 6.07) is 5.64. The predicted octanol–water partition coefficient (Wildman–Crippen LogP) is 1.52. The van der Waals surface area contributed by atoms with Gasteiger partial charge >= 0.3 is 0 Å². The fraction of sp³-hybridized carbons (Fsp3) is 0.421. The number of imidazole rings is 1. The van der Waals surface area contributed by atoms with E-state index in [0.717, 1.165) is 42.8 Å². The van der Waals surface area contributed by atoms with Crippen molar-refractivity contribution in [2.24, 2.45) is 0 Å². The van der Waals surface area contributed by atoms with Crippen LogP contribution >= 0.6 is 0 Å². The average molecular weight is 369 g/mol. The van der Waals surface area contributed by atoms with E-state index in [0.29, 0.717) is 18.8 Å². The first kappa shape index (κ1) is 17.7. The molecule has 2 N–H and O–H groups in total. The minimum absolute atomic E-state index is 0.208. The van der Waals surface area contributed by atoms with Crippen molar-refractivity contribution in [2.45, 2.75) is 39.0 Å². The van der Waals surface area contributed by atoms with Gasteiger partial charge in [-0.1, -0.05) is 11.2 Å². The molecule has 3 aromatic heterocycles. The lowest BCUT2D eigenvalue weighted by Crippen LogP contribution is -2.35. The highest BCUT2D eigenvalue weighted by Gasteiger charge is 2.20. The van der Waals surface area contributed by atoms with Crippen molar-refractivity contribution in [1.29, 1.82) is 0 Å². The molecule has 0 bridgehead atoms. The van der Waals surface area contributed by atoms with E-state index < -0.39 is 0 Å². The van der Waals surface area contributed by atoms with E-state index in [-0.39, 0.29) is 17.7 Å². The summed E-state index contributed by atoms with van der Waals surface area (Å²) in [6.07, 6.45) is 5.16. The molecular formula is C19H23N5O3. The molecule has 1 aliphatic heterocycles. The van der Waals surface area contributed by atoms with Gasteiger partial charge in [0, 0.05) is 31.5 Å². The first-order chi connectivity index (χ1) is 13.1. The summed E-state index contributed by atoms with van der Waals surface area (Å²) in [5.74, 6) is 0.368. The van der Waals surface area contributed by atoms with Crippen LogP contribution in [0.5, 0.6) is 0 Å². The first-order valence-corrected chi connectivity index (χ1v) is 9.16. The summed E-state index contributed by atoms with van der Waals surface area (Å²) in [6.45, 7) is 4.56. The summed E-state index contributed by atoms with van der Waals surface area (Å²) < 4.78 is 7.24. The SMILES string of the molecule is Cc1cccn2cc(CNC(=O)c3cc(CN4CCC(O)CC4)on3)nc12. The Morgan fingerprint density at radius 2 is 2.22 bits per heavy atom. The predicted molar refractivity (Wildman–Crippen MR) is 98.1 cm³/mol. The van der Waals surface area contributed by atoms with Gasteiger partial charge in [0.2, 0.25) is 0 Å². The molecule has 0 atom stereocenters. The van der Waals surface area contributed by atoms with E-state index in [2.05, 4.69) is 20.4 Å². The van der Waals surface area contributed by atoms with Gasteiger partial charge in [-0.05, 0) is 31.4 Å². The number of likely N-dealkylation sites (tertiary alicyclic amines) is 1. The number of carbonyl (C=O) groups is 1. The first-order valence-electron chi connectivity index (χ1n) is 9.16. The number of nitrogens with zero attached hydrogens (tertiary/aromatic N) is 4. The highest BCUT2D eigenvalue weighted by molar-refractivity contribution is 5.92. The largest absolute Gasteiger partial charge is 0.393 e. The van der Waals surface area contributed by atoms with Gasteiger partial charge in [-0.15, -0.1) is 0 Å². The summed E-state index contributed by atoms with van der Waals surface area (Å²) in [5, 5.41) is 16.3. The molecule has 0 spiro atoms. The fourth-order valence-corrected chi connectivity index (χ4v) is 3.34. The summed E-state index contributed by atoms with van der Waals surface area (Å²) in [7, 11) is 0. The van der Waals surface area contributed by atoms with Crippen LogP contribution in [-0.2, 0) is 13.1 Å². The molecule has 1 fully saturated rings. The maximum absolute atomic E-state index is 12.3. The number of aliphatic hydroxyl groups excluding tert-OH is 1. The highest BCUT2D eigenvalue weighted by Crippen LogP contribution is 2.15. The van der Waals surface area contributed by atoms with Gasteiger partial charge in [0.15, 0.2) is 11.5 Å². The van der Waals surface area contributed by atoms with Crippen molar-refractivity contribution in [3.8, 4) is 0 Å². The molecule has 0 radical (unpaired) electrons. The van der Waals surface area contributed by atoms with E-state index in [9.17, 15) is 9.90 Å². The van der Waals surface area contributed by atoms with Crippen LogP contribution in [0.3, 0.4) is 0 Å². The molecular weight excluding hydrogens is 346 g/mol. The summed E-state index contributed by atoms with van der Waals surface area (Å²) in [4.78, 5) is 19.1. The second-order valence-corrected chi connectivity index (χ2v) is 7.02. The van der Waals surface area contributed by atoms with Gasteiger partial charge in [-0.25, -0.2) is 4.98 Å². The molecule has 0 saturated carbocycles. The topological polar surface area (TPSA) is 95.9 Å². The molecule has 8 nitrogen and oxygen atoms in total. The van der Waals surface area contributed by atoms with Crippen molar-refractivity contribution >= 4 is 11.6 Å². The number of nitrogens with one attached hydrogen (secondary N) is 1. The van der Waals surface area contributed by atoms with Crippen LogP contribution in [0.2, 0.25) is 0 Å². The van der Waals surface area contributed by atoms with Crippen molar-refractivity contribution in [1.82, 2.24) is 24.8 Å². The van der Waals surface area contributed by atoms with Crippen LogP contribution in [0.25, 0.3) is 5.65 Å². The van der Waals surface area contributed by atoms with Gasteiger partial charge < -0.3 is 19.3 Å². The number of hydrogen-bond acceptors (Lipinski definition) is 6. The monoisotopic (exact) mass is 369 g/mol. The van der Waals surface area contributed by atoms with Crippen LogP contribution in [0.15, 0.2) is 35.1 Å². The lowest BCUT2D eigenvalue weighted by atomic mass is 10.1. The zero-order valence-corrected chi connectivity index (χ0v) is 15.3. The number of aryl methyl sites for hydroxylation is 1. The third-order valence-electron chi connectivity index (χ3n) is 4.89. The number of aromatic nitrogens is 3. The second kappa shape index (κ2) is 7.50. The van der Waals surface area contributed by atoms with Crippen LogP contribution < -0.4 is 5.32 Å². The number of rotatable bonds is 5. The van der Waals surface area contributed by atoms with Crippen LogP contribution in [0.4, 0.5) is 0 Å². The Hall–Kier alpha value is -2.71. The van der Waals surface area contributed by atoms with Crippen molar-refractivity contribution < 1.29 is 14.4 Å². The number of fused-ring (bicyclic) bond motifs is 1. The molecule has 3 aromatic rings. The third-order valence-corrected chi connectivity index (χ3v) is 4.89. The fourth-order valence-electron chi connectivity index (χ4n) is 3.34. The average Bonchev–Trinajstić information content (AvgIpc) is 3.29. The zero-order chi connectivity index (χ0) is 18.8. The number of piperidine rings is 1. The van der Waals surface area contributed by atoms with Crippen molar-refractivity contribution in [2.75, 3.05) is 13.1 Å². The van der Waals surface area contributed by atoms with Gasteiger partial charge in [0.25, 0.3) is 5.91 Å². The molecule has 4 rings (SSSR count). The van der Waals surface area contributed by atoms with E-state index in [1.54, 1.807) is 6.07 Å². The van der Waals surface area contributed by atoms with Crippen molar-refractivity contribution in [3.63, 3.8) is 0 Å². The Balaban J connectivity index is 1.34. The summed E-state index contributed by atoms with van der Waals surface area (Å²) in [5.41, 5.74) is 3.02. The summed E-state index contributed by atoms with van der Waals surface area (Å²) >= 11 is 0. The van der Waals surface area contributed by atoms with Gasteiger partial charge in [0.1, 0.15) is 5.65 Å². The molecule has 0 aliphatic carbocycles. The Bertz CT molecular complexity index is 940. The zero-order valence-electron chi connectivity index (χ0n) is 15.3. The number of pyridine rings is 1. The smallest absolute Gasteiger partial charge is 0.273 e. The van der Waals surface area contributed by atoms with Crippen molar-refractivity contribution in [3.05, 3.63) is 53.3 Å². The Labute approximate surface area is 156 Å². The quantitative estimate of drug-likeness (QED) is 0.708. The normalized spacial score (nSPS) is 16.1. The van der Waals surface area contributed by atoms with E-state index in [1.165, 1.54) is 0 Å². The number of hydrogen-bond donors (Lipinski definition) is 2. The maximum Gasteiger partial charge on any atom is 0.273 e. The highest BCUT2D eigenvalue weighted by atomic mass is 16.5. The van der Waals surface area contributed by atoms with E-state index in [1.807, 2.05) is 35.9 Å². The third kappa shape index (κ3) is 4.01. The Morgan fingerprint density at radius 3 is 3.00 bits per heavy atom. The molecule has 1 saturated heterocycles. The molecule has 1 aliphatic rings. The molecule has 0 aromatic carbocycles. The maximum atomic E-state index is 12.3. The van der Waals surface area contributed by atoms with E-state index in [4.69, 9.17) is 4.52 Å². The molecule has 8 heteroatoms. The lowest BCUT2D eigenvalue weighted by Gasteiger charge is -2.28. The minimum atomic E-state index is -0.284. The molecule has 0 unspecified atom stereocenters. The van der Waals surface area contributed by atoms with Gasteiger partial charge in [-0.2, -0.15) is 0 Å². The number of aliphatic hydroxyl groups is 1. The molecule has 4 heterocycles. The van der Waals surface area contributed by atoms with Crippen LogP contribution in [0.1, 0.15) is 40.3 Å². The Morgan fingerprint density at radius 1 is 1.41 bits per heavy atom. The molecule has 142 valence electrons. The lowest BCUT2D eigenvalue weighted by molar-refractivity contribution is 0.0748. The number of amides is 1. The van der Waals surface area contributed by atoms with Gasteiger partial charge in [-0.3, -0.25) is 9.69 Å². The van der Waals surface area contributed by atoms with Gasteiger partial charge in [0.05, 0.1) is 24.9 Å². The Kier molecular flexibility index (Phi) is 4.91.